The molecule has 1 aliphatic rings. The predicted molar refractivity (Wildman–Crippen MR) is 286 cm³/mol. The Bertz CT molecular complexity index is 3450. The fourth-order valence-corrected chi connectivity index (χ4v) is 12.3. The van der Waals surface area contributed by atoms with Crippen molar-refractivity contribution in [3.8, 4) is 23.3 Å². The molecule has 9 aromatic rings. The number of nitriles is 1. The highest BCUT2D eigenvalue weighted by Crippen LogP contribution is 2.53. The number of aromatic nitrogens is 5. The molecule has 7 aromatic carbocycles. The van der Waals surface area contributed by atoms with Crippen LogP contribution in [-0.4, -0.2) is 80.9 Å². The van der Waals surface area contributed by atoms with Crippen molar-refractivity contribution in [2.45, 2.75) is 76.7 Å². The summed E-state index contributed by atoms with van der Waals surface area (Å²) < 4.78 is 45.2. The Hall–Kier alpha value is -7.28. The van der Waals surface area contributed by atoms with Gasteiger partial charge in [0.25, 0.3) is 14.1 Å². The molecule has 0 spiro atoms. The molecule has 74 heavy (non-hydrogen) atoms. The number of nitrogens with zero attached hydrogens (tertiary/aromatic N) is 6. The maximum atomic E-state index is 14.0. The summed E-state index contributed by atoms with van der Waals surface area (Å²) >= 11 is 0. The monoisotopic (exact) mass is 1010 g/mol. The molecule has 15 nitrogen and oxygen atoms in total. The molecule has 1 N–H and O–H groups in total. The summed E-state index contributed by atoms with van der Waals surface area (Å²) in [6.07, 6.45) is 1.00. The van der Waals surface area contributed by atoms with Crippen LogP contribution in [0.3, 0.4) is 0 Å². The molecule has 10 rings (SSSR count). The highest BCUT2D eigenvalue weighted by atomic mass is 31.2. The van der Waals surface area contributed by atoms with E-state index in [0.29, 0.717) is 17.2 Å². The summed E-state index contributed by atoms with van der Waals surface area (Å²) in [4.78, 5) is 29.1. The van der Waals surface area contributed by atoms with Gasteiger partial charge in [0.05, 0.1) is 57.5 Å². The van der Waals surface area contributed by atoms with Crippen LogP contribution >= 0.6 is 8.53 Å². The maximum absolute atomic E-state index is 14.0. The van der Waals surface area contributed by atoms with E-state index in [9.17, 15) is 14.9 Å². The quantitative estimate of drug-likeness (QED) is 0.0333. The fourth-order valence-electron chi connectivity index (χ4n) is 10.5. The molecule has 0 saturated carbocycles. The van der Waals surface area contributed by atoms with Crippen molar-refractivity contribution in [3.05, 3.63) is 195 Å². The Balaban J connectivity index is 1.11. The lowest BCUT2D eigenvalue weighted by Gasteiger charge is -2.39. The van der Waals surface area contributed by atoms with E-state index in [1.807, 2.05) is 85.1 Å². The van der Waals surface area contributed by atoms with E-state index in [4.69, 9.17) is 38.3 Å². The normalized spacial score (nSPS) is 17.5. The largest absolute Gasteiger partial charge is 0.497 e. The minimum Gasteiger partial charge on any atom is -0.497 e. The molecule has 1 saturated heterocycles. The topological polar surface area (TPSA) is 168 Å². The second kappa shape index (κ2) is 21.7. The van der Waals surface area contributed by atoms with Crippen molar-refractivity contribution in [3.63, 3.8) is 0 Å². The van der Waals surface area contributed by atoms with Gasteiger partial charge in [0, 0.05) is 42.1 Å². The van der Waals surface area contributed by atoms with E-state index in [2.05, 4.69) is 98.0 Å². The maximum Gasteiger partial charge on any atom is 0.330 e. The zero-order chi connectivity index (χ0) is 51.5. The number of hydrogen-bond acceptors (Lipinski definition) is 12. The first kappa shape index (κ1) is 50.3. The molecule has 2 aromatic heterocycles. The summed E-state index contributed by atoms with van der Waals surface area (Å²) in [6.45, 7) is 8.37. The minimum atomic E-state index is -1.87. The van der Waals surface area contributed by atoms with Crippen LogP contribution in [0.2, 0.25) is 0 Å². The molecular weight excluding hydrogens is 954 g/mol. The molecule has 3 heterocycles. The number of rotatable bonds is 20. The summed E-state index contributed by atoms with van der Waals surface area (Å²) in [6, 6.07) is 48.1. The Morgan fingerprint density at radius 2 is 1.39 bits per heavy atom. The van der Waals surface area contributed by atoms with Gasteiger partial charge in [-0.3, -0.25) is 14.3 Å². The first-order chi connectivity index (χ1) is 36.0. The van der Waals surface area contributed by atoms with E-state index in [-0.39, 0.29) is 38.1 Å². The number of benzene rings is 7. The number of methoxy groups -OCH3 is 2. The lowest BCUT2D eigenvalue weighted by atomic mass is 9.80. The standard InChI is InChI=1S/C58H58N7O8P/c1-37(2)65(38(3)4)74(71-33-11-31-59)73-55-49(34-45-35-64(62-61-45)50-29-19-41-17-16-39-12-10-13-40-18-28-48(50)54(41)53(39)40)56(63-32-30-52(66)60-57(63)67)72-51(55)36-70-58(42-14-8-7-9-15-42,43-20-24-46(68-5)25-21-43)44-22-26-47(69-6)27-23-44/h7-10,12-30,32,35,37-38,49,51,55-56H,11,33-34,36H2,1-6H3,(H,60,66,67)/t49-,51-,55+,56-,74?/m1/s1. The Labute approximate surface area is 430 Å². The van der Waals surface area contributed by atoms with Gasteiger partial charge in [0.15, 0.2) is 0 Å². The summed E-state index contributed by atoms with van der Waals surface area (Å²) in [7, 11) is 1.38. The summed E-state index contributed by atoms with van der Waals surface area (Å²) in [5.41, 5.74) is 1.49. The number of nitrogens with one attached hydrogen (secondary N) is 1. The average Bonchev–Trinajstić information content (AvgIpc) is 4.03. The van der Waals surface area contributed by atoms with Gasteiger partial charge >= 0.3 is 5.69 Å². The third kappa shape index (κ3) is 9.68. The van der Waals surface area contributed by atoms with Gasteiger partial charge in [0.1, 0.15) is 35.5 Å². The van der Waals surface area contributed by atoms with Gasteiger partial charge in [-0.25, -0.2) is 14.1 Å². The molecule has 378 valence electrons. The zero-order valence-electron chi connectivity index (χ0n) is 42.1. The van der Waals surface area contributed by atoms with Crippen LogP contribution in [0, 0.1) is 17.2 Å². The average molecular weight is 1010 g/mol. The van der Waals surface area contributed by atoms with Crippen LogP contribution in [0.4, 0.5) is 0 Å². The Kier molecular flexibility index (Phi) is 14.7. The fraction of sp³-hybridized carbons (Fsp3) is 0.293. The molecule has 1 aliphatic heterocycles. The minimum absolute atomic E-state index is 0.0303. The van der Waals surface area contributed by atoms with Crippen molar-refractivity contribution in [1.29, 1.82) is 5.26 Å². The van der Waals surface area contributed by atoms with Crippen LogP contribution in [0.1, 0.15) is 62.7 Å². The van der Waals surface area contributed by atoms with Crippen molar-refractivity contribution < 1.29 is 28.0 Å². The molecule has 5 atom stereocenters. The third-order valence-corrected chi connectivity index (χ3v) is 16.0. The van der Waals surface area contributed by atoms with E-state index < -0.39 is 49.7 Å². The molecule has 16 heteroatoms. The van der Waals surface area contributed by atoms with Gasteiger partial charge in [0.2, 0.25) is 0 Å². The van der Waals surface area contributed by atoms with E-state index >= 15 is 0 Å². The van der Waals surface area contributed by atoms with Crippen LogP contribution in [0.15, 0.2) is 162 Å². The van der Waals surface area contributed by atoms with Crippen molar-refractivity contribution >= 4 is 40.8 Å². The van der Waals surface area contributed by atoms with Gasteiger partial charge < -0.3 is 28.0 Å². The lowest BCUT2D eigenvalue weighted by Crippen LogP contribution is -2.41. The SMILES string of the molecule is COc1ccc(C(OC[C@H]2O[C@@H](n3ccc(=O)[nH]c3=O)[C@H](Cc3cn(-c4ccc5ccc6cccc7ccc4c5c67)nn3)[C@@H]2OP(OCCC#N)N(C(C)C)C(C)C)(c2ccccc2)c2ccc(OC)cc2)cc1. The first-order valence-electron chi connectivity index (χ1n) is 24.8. The summed E-state index contributed by atoms with van der Waals surface area (Å²) in [5.74, 6) is 0.698. The molecule has 0 amide bonds. The highest BCUT2D eigenvalue weighted by molar-refractivity contribution is 7.44. The number of hydrogen-bond donors (Lipinski definition) is 1. The molecule has 0 radical (unpaired) electrons. The number of aromatic amines is 1. The predicted octanol–water partition coefficient (Wildman–Crippen LogP) is 10.5. The zero-order valence-corrected chi connectivity index (χ0v) is 43.0. The highest BCUT2D eigenvalue weighted by Gasteiger charge is 2.51. The van der Waals surface area contributed by atoms with Gasteiger partial charge in [-0.05, 0) is 102 Å². The van der Waals surface area contributed by atoms with Crippen molar-refractivity contribution in [2.75, 3.05) is 27.4 Å². The molecular formula is C58H58N7O8P. The Morgan fingerprint density at radius 3 is 2.01 bits per heavy atom. The molecule has 1 fully saturated rings. The van der Waals surface area contributed by atoms with Crippen LogP contribution < -0.4 is 20.7 Å². The van der Waals surface area contributed by atoms with E-state index in [1.165, 1.54) is 22.2 Å². The van der Waals surface area contributed by atoms with Gasteiger partial charge in [-0.1, -0.05) is 108 Å². The summed E-state index contributed by atoms with van der Waals surface area (Å²) in [5, 5.41) is 26.0. The van der Waals surface area contributed by atoms with Crippen LogP contribution in [0.5, 0.6) is 11.5 Å². The Morgan fingerprint density at radius 1 is 0.770 bits per heavy atom. The number of ether oxygens (including phenoxy) is 4. The van der Waals surface area contributed by atoms with Crippen molar-refractivity contribution in [1.82, 2.24) is 29.2 Å². The van der Waals surface area contributed by atoms with Crippen LogP contribution in [0.25, 0.3) is 38.0 Å². The lowest BCUT2D eigenvalue weighted by molar-refractivity contribution is -0.0932. The second-order valence-corrected chi connectivity index (χ2v) is 20.4. The first-order valence-corrected chi connectivity index (χ1v) is 25.9. The third-order valence-electron chi connectivity index (χ3n) is 13.8. The van der Waals surface area contributed by atoms with Gasteiger partial charge in [-0.15, -0.1) is 5.10 Å². The second-order valence-electron chi connectivity index (χ2n) is 19.0. The van der Waals surface area contributed by atoms with E-state index in [0.717, 1.165) is 49.3 Å². The number of H-pyrrole nitrogens is 1. The molecule has 0 bridgehead atoms. The smallest absolute Gasteiger partial charge is 0.330 e. The van der Waals surface area contributed by atoms with Crippen molar-refractivity contribution in [2.24, 2.45) is 5.92 Å². The van der Waals surface area contributed by atoms with Crippen LogP contribution in [-0.2, 0) is 30.5 Å². The van der Waals surface area contributed by atoms with E-state index in [1.54, 1.807) is 18.9 Å². The molecule has 1 unspecified atom stereocenters. The van der Waals surface area contributed by atoms with Gasteiger partial charge in [-0.2, -0.15) is 5.26 Å². The molecule has 0 aliphatic carbocycles.